The van der Waals surface area contributed by atoms with Gasteiger partial charge in [-0.2, -0.15) is 0 Å². The highest BCUT2D eigenvalue weighted by Crippen LogP contribution is 2.25. The zero-order chi connectivity index (χ0) is 16.2. The fraction of sp³-hybridized carbons (Fsp3) is 0.625. The van der Waals surface area contributed by atoms with Gasteiger partial charge in [0.2, 0.25) is 0 Å². The van der Waals surface area contributed by atoms with Gasteiger partial charge in [-0.15, -0.1) is 0 Å². The van der Waals surface area contributed by atoms with Gasteiger partial charge in [0.1, 0.15) is 5.60 Å². The zero-order valence-electron chi connectivity index (χ0n) is 13.6. The van der Waals surface area contributed by atoms with Crippen LogP contribution in [0.5, 0.6) is 0 Å². The Bertz CT molecular complexity index is 505. The van der Waals surface area contributed by atoms with Crippen molar-refractivity contribution in [1.29, 1.82) is 0 Å². The summed E-state index contributed by atoms with van der Waals surface area (Å²) in [5.74, 6) is 0. The number of anilines is 2. The van der Waals surface area contributed by atoms with Crippen LogP contribution in [0.25, 0.3) is 0 Å². The number of hydrogen-bond donors (Lipinski definition) is 3. The van der Waals surface area contributed by atoms with Gasteiger partial charge >= 0.3 is 6.09 Å². The molecule has 122 valence electrons. The average Bonchev–Trinajstić information content (AvgIpc) is 2.41. The number of rotatable bonds is 3. The maximum Gasteiger partial charge on any atom is 0.407 e. The van der Waals surface area contributed by atoms with Crippen molar-refractivity contribution in [2.45, 2.75) is 64.1 Å². The molecule has 6 nitrogen and oxygen atoms in total. The van der Waals surface area contributed by atoms with Gasteiger partial charge in [0, 0.05) is 18.3 Å². The number of alkyl carbamates (subject to hydrolysis) is 1. The van der Waals surface area contributed by atoms with Crippen molar-refractivity contribution in [3.8, 4) is 0 Å². The largest absolute Gasteiger partial charge is 0.444 e. The average molecular weight is 306 g/mol. The molecule has 1 heterocycles. The van der Waals surface area contributed by atoms with Gasteiger partial charge in [-0.05, 0) is 52.5 Å². The molecule has 0 unspecified atom stereocenters. The summed E-state index contributed by atoms with van der Waals surface area (Å²) in [6, 6.07) is 2.45. The molecule has 1 aromatic heterocycles. The van der Waals surface area contributed by atoms with Crippen molar-refractivity contribution in [2.24, 2.45) is 0 Å². The summed E-state index contributed by atoms with van der Waals surface area (Å²) in [5, 5.41) is 6.40. The Morgan fingerprint density at radius 3 is 2.50 bits per heavy atom. The van der Waals surface area contributed by atoms with Gasteiger partial charge < -0.3 is 21.1 Å². The van der Waals surface area contributed by atoms with E-state index >= 15 is 0 Å². The molecule has 0 bridgehead atoms. The Morgan fingerprint density at radius 1 is 1.27 bits per heavy atom. The summed E-state index contributed by atoms with van der Waals surface area (Å²) < 4.78 is 5.29. The van der Waals surface area contributed by atoms with E-state index in [1.165, 1.54) is 0 Å². The fourth-order valence-electron chi connectivity index (χ4n) is 2.61. The van der Waals surface area contributed by atoms with Crippen LogP contribution in [0.1, 0.15) is 46.5 Å². The molecule has 2 rings (SSSR count). The molecule has 6 heteroatoms. The topological polar surface area (TPSA) is 89.3 Å². The predicted octanol–water partition coefficient (Wildman–Crippen LogP) is 2.91. The van der Waals surface area contributed by atoms with Crippen LogP contribution >= 0.6 is 0 Å². The highest BCUT2D eigenvalue weighted by molar-refractivity contribution is 5.68. The van der Waals surface area contributed by atoms with Crippen molar-refractivity contribution in [3.05, 3.63) is 18.5 Å². The number of ether oxygens (including phenoxy) is 1. The summed E-state index contributed by atoms with van der Waals surface area (Å²) in [5.41, 5.74) is 7.03. The summed E-state index contributed by atoms with van der Waals surface area (Å²) in [6.07, 6.45) is 6.89. The van der Waals surface area contributed by atoms with Crippen LogP contribution in [0.3, 0.4) is 0 Å². The maximum atomic E-state index is 11.8. The lowest BCUT2D eigenvalue weighted by molar-refractivity contribution is 0.0492. The van der Waals surface area contributed by atoms with Gasteiger partial charge in [0.25, 0.3) is 0 Å². The van der Waals surface area contributed by atoms with Crippen molar-refractivity contribution in [1.82, 2.24) is 10.3 Å². The third kappa shape index (κ3) is 5.09. The normalized spacial score (nSPS) is 22.0. The summed E-state index contributed by atoms with van der Waals surface area (Å²) in [7, 11) is 0. The monoisotopic (exact) mass is 306 g/mol. The van der Waals surface area contributed by atoms with Gasteiger partial charge in [-0.1, -0.05) is 0 Å². The summed E-state index contributed by atoms with van der Waals surface area (Å²) in [4.78, 5) is 15.8. The quantitative estimate of drug-likeness (QED) is 0.799. The molecule has 1 amide bonds. The van der Waals surface area contributed by atoms with E-state index in [-0.39, 0.29) is 12.1 Å². The minimum atomic E-state index is -0.457. The first kappa shape index (κ1) is 16.4. The number of hydrogen-bond acceptors (Lipinski definition) is 5. The van der Waals surface area contributed by atoms with E-state index in [1.54, 1.807) is 12.4 Å². The molecule has 0 saturated heterocycles. The third-order valence-electron chi connectivity index (χ3n) is 3.66. The molecular formula is C16H26N4O2. The lowest BCUT2D eigenvalue weighted by atomic mass is 9.91. The Kier molecular flexibility index (Phi) is 5.11. The van der Waals surface area contributed by atoms with E-state index < -0.39 is 5.60 Å². The van der Waals surface area contributed by atoms with E-state index in [2.05, 4.69) is 15.6 Å². The van der Waals surface area contributed by atoms with Crippen LogP contribution in [0.15, 0.2) is 18.5 Å². The Balaban J connectivity index is 1.76. The third-order valence-corrected chi connectivity index (χ3v) is 3.66. The van der Waals surface area contributed by atoms with Crippen LogP contribution in [-0.2, 0) is 4.74 Å². The first-order valence-corrected chi connectivity index (χ1v) is 7.79. The molecule has 0 atom stereocenters. The summed E-state index contributed by atoms with van der Waals surface area (Å²) >= 11 is 0. The second kappa shape index (κ2) is 6.85. The Morgan fingerprint density at radius 2 is 1.91 bits per heavy atom. The van der Waals surface area contributed by atoms with Gasteiger partial charge in [-0.25, -0.2) is 4.79 Å². The lowest BCUT2D eigenvalue weighted by Gasteiger charge is -2.31. The van der Waals surface area contributed by atoms with E-state index in [0.29, 0.717) is 11.7 Å². The number of nitrogen functional groups attached to an aromatic ring is 1. The molecule has 1 aliphatic carbocycles. The number of amides is 1. The van der Waals surface area contributed by atoms with E-state index in [1.807, 2.05) is 26.8 Å². The minimum Gasteiger partial charge on any atom is -0.444 e. The van der Waals surface area contributed by atoms with Crippen LogP contribution in [0.4, 0.5) is 16.2 Å². The number of nitrogens with one attached hydrogen (secondary N) is 2. The predicted molar refractivity (Wildman–Crippen MR) is 87.7 cm³/mol. The number of carbonyl (C=O) groups is 1. The highest BCUT2D eigenvalue weighted by Gasteiger charge is 2.24. The van der Waals surface area contributed by atoms with Crippen molar-refractivity contribution in [2.75, 3.05) is 11.1 Å². The standard InChI is InChI=1S/C16H26N4O2/c1-16(2,3)22-15(21)20-12-6-4-11(5-7-12)19-14-8-9-18-10-13(14)17/h8-12H,4-7,17H2,1-3H3,(H,18,19)(H,20,21). The Hall–Kier alpha value is -1.98. The molecule has 0 radical (unpaired) electrons. The van der Waals surface area contributed by atoms with E-state index in [0.717, 1.165) is 31.4 Å². The van der Waals surface area contributed by atoms with Crippen LogP contribution < -0.4 is 16.4 Å². The SMILES string of the molecule is CC(C)(C)OC(=O)NC1CCC(Nc2ccncc2N)CC1. The van der Waals surface area contributed by atoms with Crippen LogP contribution in [0.2, 0.25) is 0 Å². The molecule has 4 N–H and O–H groups in total. The van der Waals surface area contributed by atoms with Crippen LogP contribution in [-0.4, -0.2) is 28.8 Å². The highest BCUT2D eigenvalue weighted by atomic mass is 16.6. The number of nitrogens with two attached hydrogens (primary N) is 1. The molecule has 1 saturated carbocycles. The van der Waals surface area contributed by atoms with E-state index in [4.69, 9.17) is 10.5 Å². The van der Waals surface area contributed by atoms with Gasteiger partial charge in [-0.3, -0.25) is 4.98 Å². The fourth-order valence-corrected chi connectivity index (χ4v) is 2.61. The molecule has 0 aromatic carbocycles. The van der Waals surface area contributed by atoms with Crippen molar-refractivity contribution >= 4 is 17.5 Å². The second-order valence-electron chi connectivity index (χ2n) is 6.80. The molecule has 0 aliphatic heterocycles. The maximum absolute atomic E-state index is 11.8. The number of aromatic nitrogens is 1. The lowest BCUT2D eigenvalue weighted by Crippen LogP contribution is -2.42. The molecule has 1 aliphatic rings. The summed E-state index contributed by atoms with van der Waals surface area (Å²) in [6.45, 7) is 5.60. The van der Waals surface area contributed by atoms with Gasteiger partial charge in [0.05, 0.1) is 17.6 Å². The second-order valence-corrected chi connectivity index (χ2v) is 6.80. The molecule has 1 aromatic rings. The molecular weight excluding hydrogens is 280 g/mol. The molecule has 1 fully saturated rings. The minimum absolute atomic E-state index is 0.183. The number of pyridine rings is 1. The first-order valence-electron chi connectivity index (χ1n) is 7.79. The number of nitrogens with zero attached hydrogens (tertiary/aromatic N) is 1. The van der Waals surface area contributed by atoms with E-state index in [9.17, 15) is 4.79 Å². The van der Waals surface area contributed by atoms with Crippen molar-refractivity contribution in [3.63, 3.8) is 0 Å². The molecule has 22 heavy (non-hydrogen) atoms. The Labute approximate surface area is 131 Å². The van der Waals surface area contributed by atoms with Gasteiger partial charge in [0.15, 0.2) is 0 Å². The zero-order valence-corrected chi connectivity index (χ0v) is 13.6. The smallest absolute Gasteiger partial charge is 0.407 e. The van der Waals surface area contributed by atoms with Crippen molar-refractivity contribution < 1.29 is 9.53 Å². The number of carbonyl (C=O) groups excluding carboxylic acids is 1. The first-order chi connectivity index (χ1) is 10.3. The van der Waals surface area contributed by atoms with Crippen LogP contribution in [0, 0.1) is 0 Å². The molecule has 0 spiro atoms.